The molecule has 2 aromatic rings. The number of hydrogen-bond acceptors (Lipinski definition) is 3. The average molecular weight is 307 g/mol. The fourth-order valence-corrected chi connectivity index (χ4v) is 2.14. The van der Waals surface area contributed by atoms with E-state index in [4.69, 9.17) is 11.6 Å². The minimum absolute atomic E-state index is 0.252. The molecule has 1 heterocycles. The maximum atomic E-state index is 12.3. The first-order valence-electron chi connectivity index (χ1n) is 6.28. The number of carbonyl (C=O) groups is 2. The van der Waals surface area contributed by atoms with Gasteiger partial charge in [0, 0.05) is 18.3 Å². The monoisotopic (exact) mass is 306 g/mol. The van der Waals surface area contributed by atoms with Crippen molar-refractivity contribution in [3.8, 4) is 0 Å². The van der Waals surface area contributed by atoms with Gasteiger partial charge in [0.2, 0.25) is 0 Å². The molecule has 0 atom stereocenters. The summed E-state index contributed by atoms with van der Waals surface area (Å²) in [6.45, 7) is 3.50. The van der Waals surface area contributed by atoms with Gasteiger partial charge in [-0.05, 0) is 32.0 Å². The largest absolute Gasteiger partial charge is 0.355 e. The van der Waals surface area contributed by atoms with Gasteiger partial charge in [-0.25, -0.2) is 0 Å². The summed E-state index contributed by atoms with van der Waals surface area (Å²) in [7, 11) is 1.54. The first kappa shape index (κ1) is 15.1. The number of halogens is 1. The van der Waals surface area contributed by atoms with Gasteiger partial charge in [-0.2, -0.15) is 5.10 Å². The molecule has 1 aromatic carbocycles. The quantitative estimate of drug-likeness (QED) is 0.813. The third-order valence-corrected chi connectivity index (χ3v) is 3.39. The van der Waals surface area contributed by atoms with Gasteiger partial charge in [-0.3, -0.25) is 14.7 Å². The number of rotatable bonds is 3. The first-order chi connectivity index (χ1) is 9.93. The lowest BCUT2D eigenvalue weighted by molar-refractivity contribution is 0.0961. The Morgan fingerprint density at radius 1 is 1.24 bits per heavy atom. The van der Waals surface area contributed by atoms with Crippen LogP contribution < -0.4 is 10.6 Å². The number of H-pyrrole nitrogens is 1. The fourth-order valence-electron chi connectivity index (χ4n) is 1.98. The molecule has 0 aliphatic rings. The van der Waals surface area contributed by atoms with Gasteiger partial charge in [0.15, 0.2) is 0 Å². The number of nitrogens with zero attached hydrogens (tertiary/aromatic N) is 1. The van der Waals surface area contributed by atoms with E-state index < -0.39 is 0 Å². The van der Waals surface area contributed by atoms with Crippen LogP contribution in [0.25, 0.3) is 0 Å². The van der Waals surface area contributed by atoms with Crippen molar-refractivity contribution in [1.82, 2.24) is 15.5 Å². The predicted molar refractivity (Wildman–Crippen MR) is 80.9 cm³/mol. The Hall–Kier alpha value is -2.34. The molecule has 6 nitrogen and oxygen atoms in total. The molecule has 0 spiro atoms. The zero-order chi connectivity index (χ0) is 15.6. The van der Waals surface area contributed by atoms with E-state index in [0.717, 1.165) is 0 Å². The minimum atomic E-state index is -0.324. The summed E-state index contributed by atoms with van der Waals surface area (Å²) >= 11 is 6.06. The maximum Gasteiger partial charge on any atom is 0.259 e. The van der Waals surface area contributed by atoms with Crippen molar-refractivity contribution in [1.29, 1.82) is 0 Å². The van der Waals surface area contributed by atoms with E-state index in [0.29, 0.717) is 33.2 Å². The van der Waals surface area contributed by atoms with Crippen LogP contribution in [0, 0.1) is 13.8 Å². The Morgan fingerprint density at radius 3 is 2.52 bits per heavy atom. The number of aryl methyl sites for hydroxylation is 2. The zero-order valence-corrected chi connectivity index (χ0v) is 12.6. The molecule has 2 amide bonds. The van der Waals surface area contributed by atoms with Crippen LogP contribution in [-0.2, 0) is 0 Å². The van der Waals surface area contributed by atoms with Crippen LogP contribution in [0.1, 0.15) is 32.1 Å². The van der Waals surface area contributed by atoms with Crippen molar-refractivity contribution in [3.05, 3.63) is 45.7 Å². The summed E-state index contributed by atoms with van der Waals surface area (Å²) < 4.78 is 0. The second-order valence-corrected chi connectivity index (χ2v) is 4.94. The van der Waals surface area contributed by atoms with Crippen LogP contribution in [0.5, 0.6) is 0 Å². The highest BCUT2D eigenvalue weighted by Crippen LogP contribution is 2.24. The van der Waals surface area contributed by atoms with Crippen LogP contribution in [-0.4, -0.2) is 29.1 Å². The number of nitrogens with one attached hydrogen (secondary N) is 3. The lowest BCUT2D eigenvalue weighted by atomic mass is 10.1. The molecular weight excluding hydrogens is 292 g/mol. The lowest BCUT2D eigenvalue weighted by Gasteiger charge is -2.09. The topological polar surface area (TPSA) is 86.9 Å². The second kappa shape index (κ2) is 5.97. The molecule has 0 saturated heterocycles. The number of anilines is 1. The van der Waals surface area contributed by atoms with E-state index in [1.54, 1.807) is 26.0 Å². The number of aromatic nitrogens is 2. The zero-order valence-electron chi connectivity index (χ0n) is 11.9. The number of aromatic amines is 1. The van der Waals surface area contributed by atoms with Crippen LogP contribution in [0.15, 0.2) is 18.2 Å². The van der Waals surface area contributed by atoms with Crippen molar-refractivity contribution in [2.75, 3.05) is 12.4 Å². The van der Waals surface area contributed by atoms with E-state index in [1.807, 2.05) is 0 Å². The molecule has 7 heteroatoms. The Balaban J connectivity index is 2.31. The number of hydrogen-bond donors (Lipinski definition) is 3. The average Bonchev–Trinajstić information content (AvgIpc) is 2.79. The third kappa shape index (κ3) is 3.05. The van der Waals surface area contributed by atoms with Gasteiger partial charge < -0.3 is 10.6 Å². The molecule has 1 aromatic heterocycles. The lowest BCUT2D eigenvalue weighted by Crippen LogP contribution is -2.19. The molecule has 3 N–H and O–H groups in total. The van der Waals surface area contributed by atoms with Crippen molar-refractivity contribution in [2.45, 2.75) is 13.8 Å². The molecule has 21 heavy (non-hydrogen) atoms. The van der Waals surface area contributed by atoms with Crippen LogP contribution in [0.3, 0.4) is 0 Å². The summed E-state index contributed by atoms with van der Waals surface area (Å²) in [5, 5.41) is 12.3. The van der Waals surface area contributed by atoms with Gasteiger partial charge in [-0.15, -0.1) is 0 Å². The molecule has 2 rings (SSSR count). The predicted octanol–water partition coefficient (Wildman–Crippen LogP) is 2.29. The van der Waals surface area contributed by atoms with Crippen molar-refractivity contribution in [2.24, 2.45) is 0 Å². The van der Waals surface area contributed by atoms with Gasteiger partial charge in [0.1, 0.15) is 0 Å². The molecule has 0 aliphatic carbocycles. The van der Waals surface area contributed by atoms with Crippen LogP contribution in [0.2, 0.25) is 5.02 Å². The number of benzene rings is 1. The fraction of sp³-hybridized carbons (Fsp3) is 0.214. The van der Waals surface area contributed by atoms with Crippen LogP contribution in [0.4, 0.5) is 5.69 Å². The molecule has 110 valence electrons. The first-order valence-corrected chi connectivity index (χ1v) is 6.66. The van der Waals surface area contributed by atoms with Crippen LogP contribution >= 0.6 is 11.6 Å². The SMILES string of the molecule is CNC(=O)c1ccc(Cl)c(NC(=O)c2c(C)n[nH]c2C)c1. The maximum absolute atomic E-state index is 12.3. The summed E-state index contributed by atoms with van der Waals surface area (Å²) in [4.78, 5) is 23.9. The van der Waals surface area contributed by atoms with Gasteiger partial charge in [-0.1, -0.05) is 11.6 Å². The summed E-state index contributed by atoms with van der Waals surface area (Å²) in [5.41, 5.74) is 2.53. The highest BCUT2D eigenvalue weighted by atomic mass is 35.5. The summed E-state index contributed by atoms with van der Waals surface area (Å²) in [6.07, 6.45) is 0. The standard InChI is InChI=1S/C14H15ClN4O2/c1-7-12(8(2)19-18-7)14(21)17-11-6-9(13(20)16-3)4-5-10(11)15/h4-6H,1-3H3,(H,16,20)(H,17,21)(H,18,19). The normalized spacial score (nSPS) is 10.3. The Morgan fingerprint density at radius 2 is 1.95 bits per heavy atom. The molecule has 0 bridgehead atoms. The summed E-state index contributed by atoms with van der Waals surface area (Å²) in [6, 6.07) is 4.69. The molecule has 0 aliphatic heterocycles. The van der Waals surface area contributed by atoms with E-state index in [9.17, 15) is 9.59 Å². The van der Waals surface area contributed by atoms with E-state index in [-0.39, 0.29) is 11.8 Å². The molecule has 0 radical (unpaired) electrons. The van der Waals surface area contributed by atoms with Gasteiger partial charge >= 0.3 is 0 Å². The number of carbonyl (C=O) groups excluding carboxylic acids is 2. The smallest absolute Gasteiger partial charge is 0.259 e. The van der Waals surface area contributed by atoms with E-state index in [2.05, 4.69) is 20.8 Å². The second-order valence-electron chi connectivity index (χ2n) is 4.54. The van der Waals surface area contributed by atoms with E-state index >= 15 is 0 Å². The molecule has 0 unspecified atom stereocenters. The Kier molecular flexibility index (Phi) is 4.28. The van der Waals surface area contributed by atoms with Gasteiger partial charge in [0.25, 0.3) is 11.8 Å². The van der Waals surface area contributed by atoms with Crippen molar-refractivity contribution < 1.29 is 9.59 Å². The number of amides is 2. The van der Waals surface area contributed by atoms with Crippen molar-refractivity contribution >= 4 is 29.1 Å². The van der Waals surface area contributed by atoms with E-state index in [1.165, 1.54) is 13.1 Å². The summed E-state index contributed by atoms with van der Waals surface area (Å²) in [5.74, 6) is -0.576. The Bertz CT molecular complexity index is 689. The highest BCUT2D eigenvalue weighted by Gasteiger charge is 2.17. The van der Waals surface area contributed by atoms with Crippen molar-refractivity contribution in [3.63, 3.8) is 0 Å². The Labute approximate surface area is 126 Å². The van der Waals surface area contributed by atoms with Gasteiger partial charge in [0.05, 0.1) is 22.0 Å². The molecule has 0 fully saturated rings. The molecule has 0 saturated carbocycles. The highest BCUT2D eigenvalue weighted by molar-refractivity contribution is 6.34. The third-order valence-electron chi connectivity index (χ3n) is 3.06. The minimum Gasteiger partial charge on any atom is -0.355 e. The molecular formula is C14H15ClN4O2.